The quantitative estimate of drug-likeness (QED) is 0.253. The van der Waals surface area contributed by atoms with Gasteiger partial charge in [-0.05, 0) is 36.8 Å². The molecule has 3 aromatic rings. The first kappa shape index (κ1) is 31.4. The van der Waals surface area contributed by atoms with Gasteiger partial charge in [-0.15, -0.1) is 19.7 Å². The van der Waals surface area contributed by atoms with E-state index in [9.17, 15) is 21.6 Å². The number of nitrogens with two attached hydrogens (primary N) is 1. The van der Waals surface area contributed by atoms with Crippen LogP contribution in [0.25, 0.3) is 0 Å². The topological polar surface area (TPSA) is 250 Å². The van der Waals surface area contributed by atoms with Gasteiger partial charge >= 0.3 is 0 Å². The van der Waals surface area contributed by atoms with Gasteiger partial charge in [0.2, 0.25) is 15.7 Å². The van der Waals surface area contributed by atoms with E-state index in [0.29, 0.717) is 17.0 Å². The lowest BCUT2D eigenvalue weighted by molar-refractivity contribution is -2.00. The van der Waals surface area contributed by atoms with E-state index in [4.69, 9.17) is 23.8 Å². The molecule has 1 amide bonds. The summed E-state index contributed by atoms with van der Waals surface area (Å²) in [4.78, 5) is 12.2. The van der Waals surface area contributed by atoms with Crippen LogP contribution in [0.4, 0.5) is 5.69 Å². The van der Waals surface area contributed by atoms with E-state index in [1.54, 1.807) is 0 Å². The Bertz CT molecular complexity index is 1580. The fourth-order valence-electron chi connectivity index (χ4n) is 3.12. The summed E-state index contributed by atoms with van der Waals surface area (Å²) in [6.07, 6.45) is 0. The molecular formula is C19H23ClN6O9S3. The van der Waals surface area contributed by atoms with Crippen LogP contribution in [0.2, 0.25) is 0 Å². The first-order chi connectivity index (χ1) is 17.3. The van der Waals surface area contributed by atoms with Crippen molar-refractivity contribution in [2.45, 2.75) is 36.6 Å². The van der Waals surface area contributed by atoms with Crippen LogP contribution in [-0.4, -0.2) is 32.5 Å². The van der Waals surface area contributed by atoms with E-state index in [-0.39, 0.29) is 22.1 Å². The number of aryl methyl sites for hydroxylation is 4. The molecule has 3 N–H and O–H groups in total. The minimum Gasteiger partial charge on any atom is -0.321 e. The number of hydrogen-bond donors (Lipinski definition) is 2. The number of hydrogen-bond acceptors (Lipinski definition) is 11. The largest absolute Gasteiger partial charge is 0.321 e. The average molecular weight is 611 g/mol. The first-order valence-electron chi connectivity index (χ1n) is 10.1. The normalized spacial score (nSPS) is 12.6. The van der Waals surface area contributed by atoms with E-state index >= 15 is 0 Å². The van der Waals surface area contributed by atoms with Crippen molar-refractivity contribution in [3.63, 3.8) is 0 Å². The fraction of sp³-hybridized carbons (Fsp3) is 0.263. The molecule has 15 nitrogen and oxygen atoms in total. The molecule has 2 aromatic heterocycles. The van der Waals surface area contributed by atoms with Gasteiger partial charge < -0.3 is 5.32 Å². The van der Waals surface area contributed by atoms with Crippen LogP contribution < -0.4 is 38.5 Å². The molecule has 0 aliphatic rings. The molecule has 2 heterocycles. The Morgan fingerprint density at radius 1 is 1.08 bits per heavy atom. The second-order valence-electron chi connectivity index (χ2n) is 7.74. The van der Waals surface area contributed by atoms with Crippen molar-refractivity contribution in [1.29, 1.82) is 0 Å². The zero-order valence-electron chi connectivity index (χ0n) is 20.3. The van der Waals surface area contributed by atoms with Crippen LogP contribution in [0.1, 0.15) is 17.0 Å². The molecule has 19 heteroatoms. The Balaban J connectivity index is 0.000000926. The molecular weight excluding hydrogens is 588 g/mol. The lowest BCUT2D eigenvalue weighted by Crippen LogP contribution is -2.68. The molecule has 0 aliphatic carbocycles. The van der Waals surface area contributed by atoms with E-state index in [1.807, 2.05) is 37.5 Å². The minimum atomic E-state index is -4.94. The van der Waals surface area contributed by atoms with Crippen molar-refractivity contribution in [1.82, 2.24) is 9.78 Å². The number of sulfonamides is 2. The Morgan fingerprint density at radius 2 is 1.58 bits per heavy atom. The van der Waals surface area contributed by atoms with Crippen molar-refractivity contribution >= 4 is 43.0 Å². The zero-order valence-corrected chi connectivity index (χ0v) is 23.5. The number of anilines is 1. The number of pyridine rings is 1. The first-order valence-corrected chi connectivity index (χ1v) is 15.2. The third-order valence-corrected chi connectivity index (χ3v) is 8.30. The van der Waals surface area contributed by atoms with Crippen LogP contribution in [0.5, 0.6) is 0 Å². The molecule has 0 saturated carbocycles. The molecule has 0 bridgehead atoms. The van der Waals surface area contributed by atoms with Crippen LogP contribution in [-0.2, 0) is 38.4 Å². The molecule has 208 valence electrons. The summed E-state index contributed by atoms with van der Waals surface area (Å²) in [5.74, 6) is -0.262. The summed E-state index contributed by atoms with van der Waals surface area (Å²) in [6.45, 7) is 5.94. The van der Waals surface area contributed by atoms with E-state index < -0.39 is 34.6 Å². The number of benzene rings is 1. The second kappa shape index (κ2) is 11.9. The molecule has 0 fully saturated rings. The number of carbonyl (C=O) groups is 1. The highest BCUT2D eigenvalue weighted by molar-refractivity contribution is 7.91. The molecule has 0 spiro atoms. The summed E-state index contributed by atoms with van der Waals surface area (Å²) >= 11 is 0.537. The van der Waals surface area contributed by atoms with Gasteiger partial charge in [0.05, 0.1) is 4.90 Å². The SMILES string of the molecule is Cc1cc(C)[n+](CC(=O)Nc2ccc(S(=O)(=O)/N=c3/sc(S(N)(=O)=O)nn3C)cc2)c(C)c1.[O-][Cl+3]([O-])([O-])[O-]. The molecule has 38 heavy (non-hydrogen) atoms. The van der Waals surface area contributed by atoms with Crippen molar-refractivity contribution < 1.29 is 55.1 Å². The molecule has 0 atom stereocenters. The van der Waals surface area contributed by atoms with Gasteiger partial charge in [0.1, 0.15) is 0 Å². The van der Waals surface area contributed by atoms with Gasteiger partial charge in [0.15, 0.2) is 11.4 Å². The maximum absolute atomic E-state index is 12.6. The van der Waals surface area contributed by atoms with Crippen molar-refractivity contribution in [3.05, 3.63) is 58.2 Å². The molecule has 0 radical (unpaired) electrons. The van der Waals surface area contributed by atoms with Crippen LogP contribution >= 0.6 is 11.3 Å². The van der Waals surface area contributed by atoms with Crippen molar-refractivity contribution in [3.8, 4) is 0 Å². The van der Waals surface area contributed by atoms with E-state index in [0.717, 1.165) is 21.6 Å². The number of aromatic nitrogens is 3. The predicted molar refractivity (Wildman–Crippen MR) is 121 cm³/mol. The highest BCUT2D eigenvalue weighted by Gasteiger charge is 2.19. The number of carbonyl (C=O) groups excluding carboxylic acids is 1. The minimum absolute atomic E-state index is 0.113. The lowest BCUT2D eigenvalue weighted by atomic mass is 10.2. The van der Waals surface area contributed by atoms with Crippen LogP contribution in [0.3, 0.4) is 0 Å². The van der Waals surface area contributed by atoms with Gasteiger partial charge in [0.25, 0.3) is 26.0 Å². The van der Waals surface area contributed by atoms with E-state index in [1.165, 1.54) is 31.3 Å². The zero-order chi connectivity index (χ0) is 29.1. The summed E-state index contributed by atoms with van der Waals surface area (Å²) in [6, 6.07) is 9.46. The number of nitrogens with one attached hydrogen (secondary N) is 1. The smallest absolute Gasteiger partial charge is 0.290 e. The fourth-order valence-corrected chi connectivity index (χ4v) is 5.89. The predicted octanol–water partition coefficient (Wildman–Crippen LogP) is -4.49. The van der Waals surface area contributed by atoms with Crippen molar-refractivity contribution in [2.75, 3.05) is 5.32 Å². The number of primary sulfonamides is 1. The Labute approximate surface area is 224 Å². The Hall–Kier alpha value is -2.81. The number of nitrogens with zero attached hydrogens (tertiary/aromatic N) is 4. The van der Waals surface area contributed by atoms with E-state index in [2.05, 4.69) is 14.8 Å². The molecule has 0 unspecified atom stereocenters. The molecule has 1 aromatic carbocycles. The maximum atomic E-state index is 12.6. The van der Waals surface area contributed by atoms with Gasteiger partial charge in [-0.1, -0.05) is 11.3 Å². The summed E-state index contributed by atoms with van der Waals surface area (Å²) in [5.41, 5.74) is 3.43. The molecule has 0 saturated heterocycles. The second-order valence-corrected chi connectivity index (χ2v) is 12.8. The number of amides is 1. The number of halogens is 1. The highest BCUT2D eigenvalue weighted by atomic mass is 35.7. The van der Waals surface area contributed by atoms with Crippen molar-refractivity contribution in [2.24, 2.45) is 16.6 Å². The van der Waals surface area contributed by atoms with Gasteiger partial charge in [-0.2, -0.15) is 13.0 Å². The number of rotatable bonds is 6. The third kappa shape index (κ3) is 9.49. The van der Waals surface area contributed by atoms with Gasteiger partial charge in [-0.25, -0.2) is 36.9 Å². The summed E-state index contributed by atoms with van der Waals surface area (Å²) in [5, 5.41) is 11.4. The summed E-state index contributed by atoms with van der Waals surface area (Å²) in [7, 11) is -11.8. The van der Waals surface area contributed by atoms with Crippen LogP contribution in [0.15, 0.2) is 50.0 Å². The monoisotopic (exact) mass is 610 g/mol. The van der Waals surface area contributed by atoms with Gasteiger partial charge in [0, 0.05) is 38.7 Å². The highest BCUT2D eigenvalue weighted by Crippen LogP contribution is 2.16. The third-order valence-electron chi connectivity index (χ3n) is 4.59. The average Bonchev–Trinajstić information content (AvgIpc) is 3.10. The summed E-state index contributed by atoms with van der Waals surface area (Å²) < 4.78 is 88.1. The van der Waals surface area contributed by atoms with Crippen LogP contribution in [0, 0.1) is 31.0 Å². The maximum Gasteiger partial charge on any atom is 0.290 e. The Morgan fingerprint density at radius 3 is 2.03 bits per heavy atom. The Kier molecular flexibility index (Phi) is 9.86. The lowest BCUT2D eigenvalue weighted by Gasteiger charge is -2.17. The standard InChI is InChI=1S/C19H22N6O5S3.ClHO4/c1-12-9-13(2)25(14(3)10-12)11-17(26)21-15-5-7-16(8-6-15)33(29,30)23-18-24(4)22-19(31-18)32(20,27)28;2-1(3,4)5/h5-10H,11H2,1-4H3,(H2-,20,21,26,27,28);(H,2,3,4,5)/b23-18+;. The van der Waals surface area contributed by atoms with Gasteiger partial charge in [-0.3, -0.25) is 4.79 Å². The molecule has 3 rings (SSSR count). The molecule has 0 aliphatic heterocycles.